The van der Waals surface area contributed by atoms with E-state index in [1.807, 2.05) is 12.1 Å². The van der Waals surface area contributed by atoms with Crippen LogP contribution in [0.1, 0.15) is 22.2 Å². The van der Waals surface area contributed by atoms with Crippen LogP contribution in [0.5, 0.6) is 0 Å². The highest BCUT2D eigenvalue weighted by Crippen LogP contribution is 2.16. The first-order valence-corrected chi connectivity index (χ1v) is 10.4. The molecule has 2 rings (SSSR count). The van der Waals surface area contributed by atoms with Crippen LogP contribution >= 0.6 is 35.3 Å². The maximum Gasteiger partial charge on any atom is 0.191 e. The molecule has 25 heavy (non-hydrogen) atoms. The van der Waals surface area contributed by atoms with Crippen LogP contribution in [0.25, 0.3) is 0 Å². The van der Waals surface area contributed by atoms with Gasteiger partial charge in [-0.3, -0.25) is 4.99 Å². The predicted octanol–water partition coefficient (Wildman–Crippen LogP) is 3.20. The van der Waals surface area contributed by atoms with Gasteiger partial charge in [0.05, 0.1) is 11.4 Å². The molecule has 0 unspecified atom stereocenters. The number of nitrogens with one attached hydrogen (secondary N) is 2. The average molecular weight is 493 g/mol. The van der Waals surface area contributed by atoms with E-state index in [0.29, 0.717) is 17.4 Å². The molecule has 1 aromatic heterocycles. The SMILES string of the molecule is CCc1ccc(CNC(=NC)NCc2ccc(S(C)(=O)=O)cc2)s1.I. The number of nitrogens with zero attached hydrogens (tertiary/aromatic N) is 1. The van der Waals surface area contributed by atoms with Crippen molar-refractivity contribution < 1.29 is 8.42 Å². The Morgan fingerprint density at radius 2 is 1.64 bits per heavy atom. The Labute approximate surface area is 170 Å². The number of benzene rings is 1. The molecule has 0 fully saturated rings. The molecule has 2 aromatic rings. The van der Waals surface area contributed by atoms with Crippen molar-refractivity contribution in [1.82, 2.24) is 10.6 Å². The van der Waals surface area contributed by atoms with Gasteiger partial charge in [-0.2, -0.15) is 0 Å². The van der Waals surface area contributed by atoms with Crippen LogP contribution in [0.2, 0.25) is 0 Å². The summed E-state index contributed by atoms with van der Waals surface area (Å²) in [7, 11) is -1.42. The van der Waals surface area contributed by atoms with Crippen LogP contribution in [0.4, 0.5) is 0 Å². The first kappa shape index (κ1) is 21.9. The lowest BCUT2D eigenvalue weighted by molar-refractivity contribution is 0.602. The molecule has 1 heterocycles. The highest BCUT2D eigenvalue weighted by Gasteiger charge is 2.06. The van der Waals surface area contributed by atoms with E-state index < -0.39 is 9.84 Å². The van der Waals surface area contributed by atoms with Gasteiger partial charge in [0.2, 0.25) is 0 Å². The van der Waals surface area contributed by atoms with Crippen molar-refractivity contribution in [3.05, 3.63) is 51.7 Å². The number of halogens is 1. The van der Waals surface area contributed by atoms with Gasteiger partial charge in [-0.1, -0.05) is 19.1 Å². The fraction of sp³-hybridized carbons (Fsp3) is 0.353. The maximum absolute atomic E-state index is 11.5. The number of sulfone groups is 1. The smallest absolute Gasteiger partial charge is 0.191 e. The van der Waals surface area contributed by atoms with Gasteiger partial charge in [-0.05, 0) is 36.2 Å². The molecule has 0 aliphatic rings. The first-order chi connectivity index (χ1) is 11.4. The van der Waals surface area contributed by atoms with Gasteiger partial charge in [0.25, 0.3) is 0 Å². The van der Waals surface area contributed by atoms with Crippen LogP contribution in [0.15, 0.2) is 46.3 Å². The summed E-state index contributed by atoms with van der Waals surface area (Å²) in [5.41, 5.74) is 0.995. The largest absolute Gasteiger partial charge is 0.352 e. The van der Waals surface area contributed by atoms with Gasteiger partial charge in [0.15, 0.2) is 15.8 Å². The van der Waals surface area contributed by atoms with Crippen molar-refractivity contribution in [3.8, 4) is 0 Å². The fourth-order valence-corrected chi connectivity index (χ4v) is 3.67. The highest BCUT2D eigenvalue weighted by atomic mass is 127. The lowest BCUT2D eigenvalue weighted by Crippen LogP contribution is -2.36. The third-order valence-corrected chi connectivity index (χ3v) is 5.89. The van der Waals surface area contributed by atoms with E-state index in [-0.39, 0.29) is 24.0 Å². The molecule has 8 heteroatoms. The monoisotopic (exact) mass is 493 g/mol. The molecule has 0 radical (unpaired) electrons. The van der Waals surface area contributed by atoms with E-state index in [9.17, 15) is 8.42 Å². The van der Waals surface area contributed by atoms with E-state index in [0.717, 1.165) is 18.5 Å². The van der Waals surface area contributed by atoms with Gasteiger partial charge in [-0.25, -0.2) is 8.42 Å². The molecule has 138 valence electrons. The summed E-state index contributed by atoms with van der Waals surface area (Å²) < 4.78 is 22.9. The molecule has 0 saturated heterocycles. The van der Waals surface area contributed by atoms with Crippen LogP contribution in [-0.4, -0.2) is 27.7 Å². The van der Waals surface area contributed by atoms with E-state index >= 15 is 0 Å². The molecular weight excluding hydrogens is 469 g/mol. The first-order valence-electron chi connectivity index (χ1n) is 7.73. The topological polar surface area (TPSA) is 70.6 Å². The normalized spacial score (nSPS) is 11.7. The third kappa shape index (κ3) is 6.95. The Balaban J connectivity index is 0.00000312. The van der Waals surface area contributed by atoms with Crippen LogP contribution in [0, 0.1) is 0 Å². The van der Waals surface area contributed by atoms with Crippen LogP contribution in [0.3, 0.4) is 0 Å². The zero-order valence-corrected chi connectivity index (χ0v) is 18.5. The van der Waals surface area contributed by atoms with Gasteiger partial charge in [0, 0.05) is 29.6 Å². The molecule has 0 aliphatic heterocycles. The minimum absolute atomic E-state index is 0. The molecule has 2 N–H and O–H groups in total. The minimum Gasteiger partial charge on any atom is -0.352 e. The average Bonchev–Trinajstić information content (AvgIpc) is 3.02. The molecular formula is C17H24IN3O2S2. The van der Waals surface area contributed by atoms with Gasteiger partial charge < -0.3 is 10.6 Å². The van der Waals surface area contributed by atoms with Crippen molar-refractivity contribution in [1.29, 1.82) is 0 Å². The van der Waals surface area contributed by atoms with Crippen molar-refractivity contribution in [2.45, 2.75) is 31.3 Å². The molecule has 0 bridgehead atoms. The zero-order chi connectivity index (χ0) is 17.6. The lowest BCUT2D eigenvalue weighted by atomic mass is 10.2. The molecule has 0 saturated carbocycles. The maximum atomic E-state index is 11.5. The van der Waals surface area contributed by atoms with Crippen molar-refractivity contribution in [3.63, 3.8) is 0 Å². The predicted molar refractivity (Wildman–Crippen MR) is 116 cm³/mol. The van der Waals surface area contributed by atoms with Gasteiger partial charge >= 0.3 is 0 Å². The molecule has 5 nitrogen and oxygen atoms in total. The van der Waals surface area contributed by atoms with Crippen LogP contribution < -0.4 is 10.6 Å². The Hall–Kier alpha value is -1.13. The Kier molecular flexibility index (Phi) is 8.87. The lowest BCUT2D eigenvalue weighted by Gasteiger charge is -2.11. The fourth-order valence-electron chi connectivity index (χ4n) is 2.14. The molecule has 0 spiro atoms. The number of hydrogen-bond acceptors (Lipinski definition) is 4. The number of aliphatic imine (C=N–C) groups is 1. The molecule has 1 aromatic carbocycles. The summed E-state index contributed by atoms with van der Waals surface area (Å²) in [5.74, 6) is 0.716. The summed E-state index contributed by atoms with van der Waals surface area (Å²) in [6, 6.07) is 11.2. The van der Waals surface area contributed by atoms with Crippen molar-refractivity contribution in [2.75, 3.05) is 13.3 Å². The number of guanidine groups is 1. The number of hydrogen-bond donors (Lipinski definition) is 2. The van der Waals surface area contributed by atoms with Crippen LogP contribution in [-0.2, 0) is 29.3 Å². The molecule has 0 aliphatic carbocycles. The second-order valence-electron chi connectivity index (χ2n) is 5.42. The number of thiophene rings is 1. The number of rotatable bonds is 6. The second-order valence-corrected chi connectivity index (χ2v) is 8.69. The Morgan fingerprint density at radius 3 is 2.16 bits per heavy atom. The molecule has 0 amide bonds. The van der Waals surface area contributed by atoms with Crippen molar-refractivity contribution >= 4 is 51.1 Å². The summed E-state index contributed by atoms with van der Waals surface area (Å²) in [6.07, 6.45) is 2.27. The van der Waals surface area contributed by atoms with Crippen molar-refractivity contribution in [2.24, 2.45) is 4.99 Å². The van der Waals surface area contributed by atoms with E-state index in [1.165, 1.54) is 16.0 Å². The highest BCUT2D eigenvalue weighted by molar-refractivity contribution is 14.0. The Bertz CT molecular complexity index is 800. The summed E-state index contributed by atoms with van der Waals surface area (Å²) in [6.45, 7) is 3.46. The number of aryl methyl sites for hydroxylation is 1. The summed E-state index contributed by atoms with van der Waals surface area (Å²) in [5, 5.41) is 6.51. The second kappa shape index (κ2) is 10.1. The van der Waals surface area contributed by atoms with E-state index in [2.05, 4.69) is 34.7 Å². The summed E-state index contributed by atoms with van der Waals surface area (Å²) >= 11 is 1.80. The van der Waals surface area contributed by atoms with Gasteiger partial charge in [-0.15, -0.1) is 35.3 Å². The van der Waals surface area contributed by atoms with E-state index in [1.54, 1.807) is 30.5 Å². The van der Waals surface area contributed by atoms with Gasteiger partial charge in [0.1, 0.15) is 0 Å². The minimum atomic E-state index is -3.15. The standard InChI is InChI=1S/C17H23N3O2S2.HI/c1-4-14-7-8-15(23-14)12-20-17(18-2)19-11-13-5-9-16(10-6-13)24(3,21)22;/h5-10H,4,11-12H2,1-3H3,(H2,18,19,20);1H. The molecule has 0 atom stereocenters. The third-order valence-electron chi connectivity index (χ3n) is 3.53. The Morgan fingerprint density at radius 1 is 1.04 bits per heavy atom. The van der Waals surface area contributed by atoms with E-state index in [4.69, 9.17) is 0 Å². The zero-order valence-electron chi connectivity index (χ0n) is 14.6. The quantitative estimate of drug-likeness (QED) is 0.369. The summed E-state index contributed by atoms with van der Waals surface area (Å²) in [4.78, 5) is 7.18.